The quantitative estimate of drug-likeness (QED) is 0.620. The van der Waals surface area contributed by atoms with Crippen LogP contribution in [0, 0.1) is 0 Å². The number of anilines is 1. The second-order valence-electron chi connectivity index (χ2n) is 3.98. The Morgan fingerprint density at radius 3 is 2.88 bits per heavy atom. The molecule has 0 saturated carbocycles. The van der Waals surface area contributed by atoms with Crippen LogP contribution in [-0.4, -0.2) is 28.7 Å². The van der Waals surface area contributed by atoms with Gasteiger partial charge in [0.2, 0.25) is 0 Å². The zero-order chi connectivity index (χ0) is 12.7. The average Bonchev–Trinajstić information content (AvgIpc) is 2.70. The molecule has 0 aliphatic rings. The summed E-state index contributed by atoms with van der Waals surface area (Å²) in [7, 11) is 0. The van der Waals surface area contributed by atoms with Crippen molar-refractivity contribution in [3.8, 4) is 0 Å². The molecule has 0 aromatic carbocycles. The number of nitrogens with zero attached hydrogens (tertiary/aromatic N) is 1. The number of carbonyl (C=O) groups is 1. The maximum atomic E-state index is 11.8. The van der Waals surface area contributed by atoms with E-state index in [1.54, 1.807) is 12.3 Å². The third kappa shape index (κ3) is 4.11. The van der Waals surface area contributed by atoms with Gasteiger partial charge >= 0.3 is 0 Å². The number of carbonyl (C=O) groups excluding carboxylic acids is 1. The highest BCUT2D eigenvalue weighted by Crippen LogP contribution is 2.10. The third-order valence-electron chi connectivity index (χ3n) is 2.61. The molecule has 0 saturated heterocycles. The normalized spacial score (nSPS) is 10.5. The lowest BCUT2D eigenvalue weighted by Gasteiger charge is -2.07. The van der Waals surface area contributed by atoms with Crippen molar-refractivity contribution in [3.63, 3.8) is 0 Å². The van der Waals surface area contributed by atoms with Crippen LogP contribution in [0.25, 0.3) is 0 Å². The molecule has 0 fully saturated rings. The molecule has 1 aromatic heterocycles. The molecule has 1 rings (SSSR count). The molecule has 1 heterocycles. The van der Waals surface area contributed by atoms with Gasteiger partial charge in [-0.1, -0.05) is 0 Å². The standard InChI is InChI=1S/C12H21N3O2/c1-2-15-9-10(13)8-11(15)12(17)14-6-4-3-5-7-16/h8-9,16H,2-7,13H2,1H3,(H,14,17). The molecule has 0 unspecified atom stereocenters. The SMILES string of the molecule is CCn1cc(N)cc1C(=O)NCCCCCO. The molecule has 0 bridgehead atoms. The first-order valence-corrected chi connectivity index (χ1v) is 6.03. The summed E-state index contributed by atoms with van der Waals surface area (Å²) in [4.78, 5) is 11.8. The van der Waals surface area contributed by atoms with Gasteiger partial charge in [-0.2, -0.15) is 0 Å². The van der Waals surface area contributed by atoms with Gasteiger partial charge in [-0.3, -0.25) is 4.79 Å². The fourth-order valence-electron chi connectivity index (χ4n) is 1.69. The van der Waals surface area contributed by atoms with Crippen molar-refractivity contribution in [2.45, 2.75) is 32.7 Å². The van der Waals surface area contributed by atoms with E-state index in [4.69, 9.17) is 10.8 Å². The maximum absolute atomic E-state index is 11.8. The molecule has 5 heteroatoms. The lowest BCUT2D eigenvalue weighted by molar-refractivity contribution is 0.0943. The third-order valence-corrected chi connectivity index (χ3v) is 2.61. The van der Waals surface area contributed by atoms with E-state index in [9.17, 15) is 4.79 Å². The van der Waals surface area contributed by atoms with E-state index in [-0.39, 0.29) is 12.5 Å². The Kier molecular flexibility index (Phi) is 5.56. The zero-order valence-electron chi connectivity index (χ0n) is 10.3. The van der Waals surface area contributed by atoms with Crippen molar-refractivity contribution in [2.75, 3.05) is 18.9 Å². The Morgan fingerprint density at radius 2 is 2.24 bits per heavy atom. The van der Waals surface area contributed by atoms with E-state index in [1.165, 1.54) is 0 Å². The fourth-order valence-corrected chi connectivity index (χ4v) is 1.69. The average molecular weight is 239 g/mol. The van der Waals surface area contributed by atoms with Gasteiger partial charge in [-0.15, -0.1) is 0 Å². The molecule has 0 radical (unpaired) electrons. The van der Waals surface area contributed by atoms with Crippen LogP contribution in [0.3, 0.4) is 0 Å². The molecule has 4 N–H and O–H groups in total. The summed E-state index contributed by atoms with van der Waals surface area (Å²) in [6.45, 7) is 3.54. The van der Waals surface area contributed by atoms with Gasteiger partial charge < -0.3 is 20.7 Å². The molecular formula is C12H21N3O2. The number of nitrogens with one attached hydrogen (secondary N) is 1. The summed E-state index contributed by atoms with van der Waals surface area (Å²) in [5.74, 6) is -0.0902. The minimum atomic E-state index is -0.0902. The van der Waals surface area contributed by atoms with Crippen LogP contribution in [0.1, 0.15) is 36.7 Å². The van der Waals surface area contributed by atoms with Gasteiger partial charge in [-0.25, -0.2) is 0 Å². The topological polar surface area (TPSA) is 80.3 Å². The van der Waals surface area contributed by atoms with Gasteiger partial charge in [0.25, 0.3) is 5.91 Å². The van der Waals surface area contributed by atoms with Gasteiger partial charge in [0.15, 0.2) is 0 Å². The lowest BCUT2D eigenvalue weighted by atomic mass is 10.2. The van der Waals surface area contributed by atoms with Crippen LogP contribution < -0.4 is 11.1 Å². The highest BCUT2D eigenvalue weighted by molar-refractivity contribution is 5.93. The summed E-state index contributed by atoms with van der Waals surface area (Å²) in [5, 5.41) is 11.5. The first kappa shape index (κ1) is 13.6. The van der Waals surface area contributed by atoms with Gasteiger partial charge in [0.05, 0.1) is 5.69 Å². The van der Waals surface area contributed by atoms with Crippen molar-refractivity contribution in [2.24, 2.45) is 0 Å². The summed E-state index contributed by atoms with van der Waals surface area (Å²) >= 11 is 0. The number of aliphatic hydroxyl groups excluding tert-OH is 1. The van der Waals surface area contributed by atoms with E-state index in [2.05, 4.69) is 5.32 Å². The van der Waals surface area contributed by atoms with E-state index in [0.717, 1.165) is 25.8 Å². The number of nitrogens with two attached hydrogens (primary N) is 1. The minimum absolute atomic E-state index is 0.0902. The molecule has 0 atom stereocenters. The van der Waals surface area contributed by atoms with Crippen LogP contribution in [0.4, 0.5) is 5.69 Å². The number of aliphatic hydroxyl groups is 1. The number of rotatable bonds is 7. The van der Waals surface area contributed by atoms with E-state index in [1.807, 2.05) is 11.5 Å². The molecule has 1 amide bonds. The molecule has 5 nitrogen and oxygen atoms in total. The van der Waals surface area contributed by atoms with Crippen LogP contribution in [0.15, 0.2) is 12.3 Å². The predicted molar refractivity (Wildman–Crippen MR) is 67.8 cm³/mol. The molecule has 0 aliphatic carbocycles. The van der Waals surface area contributed by atoms with Crippen molar-refractivity contribution in [1.82, 2.24) is 9.88 Å². The summed E-state index contributed by atoms with van der Waals surface area (Å²) in [5.41, 5.74) is 6.87. The number of aromatic nitrogens is 1. The number of nitrogen functional groups attached to an aromatic ring is 1. The molecular weight excluding hydrogens is 218 g/mol. The van der Waals surface area contributed by atoms with E-state index < -0.39 is 0 Å². The van der Waals surface area contributed by atoms with Gasteiger partial charge in [0.1, 0.15) is 5.69 Å². The van der Waals surface area contributed by atoms with Crippen molar-refractivity contribution >= 4 is 11.6 Å². The predicted octanol–water partition coefficient (Wildman–Crippen LogP) is 0.983. The summed E-state index contributed by atoms with van der Waals surface area (Å²) in [6, 6.07) is 1.69. The fraction of sp³-hybridized carbons (Fsp3) is 0.583. The number of hydrogen-bond donors (Lipinski definition) is 3. The van der Waals surface area contributed by atoms with Crippen molar-refractivity contribution in [3.05, 3.63) is 18.0 Å². The Morgan fingerprint density at radius 1 is 1.47 bits per heavy atom. The number of amides is 1. The minimum Gasteiger partial charge on any atom is -0.397 e. The molecule has 17 heavy (non-hydrogen) atoms. The molecule has 0 aliphatic heterocycles. The summed E-state index contributed by atoms with van der Waals surface area (Å²) in [6.07, 6.45) is 4.36. The van der Waals surface area contributed by atoms with Crippen molar-refractivity contribution in [1.29, 1.82) is 0 Å². The number of hydrogen-bond acceptors (Lipinski definition) is 3. The second-order valence-corrected chi connectivity index (χ2v) is 3.98. The van der Waals surface area contributed by atoms with Crippen LogP contribution in [0.2, 0.25) is 0 Å². The second kappa shape index (κ2) is 6.96. The number of unbranched alkanes of at least 4 members (excludes halogenated alkanes) is 2. The highest BCUT2D eigenvalue weighted by Gasteiger charge is 2.10. The first-order chi connectivity index (χ1) is 8.19. The van der Waals surface area contributed by atoms with E-state index in [0.29, 0.717) is 17.9 Å². The first-order valence-electron chi connectivity index (χ1n) is 6.03. The monoisotopic (exact) mass is 239 g/mol. The van der Waals surface area contributed by atoms with E-state index >= 15 is 0 Å². The van der Waals surface area contributed by atoms with Crippen LogP contribution >= 0.6 is 0 Å². The smallest absolute Gasteiger partial charge is 0.267 e. The Bertz CT molecular complexity index is 361. The highest BCUT2D eigenvalue weighted by atomic mass is 16.2. The van der Waals surface area contributed by atoms with Crippen molar-refractivity contribution < 1.29 is 9.90 Å². The molecule has 96 valence electrons. The maximum Gasteiger partial charge on any atom is 0.267 e. The van der Waals surface area contributed by atoms with Crippen LogP contribution in [-0.2, 0) is 6.54 Å². The largest absolute Gasteiger partial charge is 0.397 e. The Labute approximate surface area is 102 Å². The molecule has 0 spiro atoms. The van der Waals surface area contributed by atoms with Crippen LogP contribution in [0.5, 0.6) is 0 Å². The molecule has 1 aromatic rings. The zero-order valence-corrected chi connectivity index (χ0v) is 10.3. The van der Waals surface area contributed by atoms with Gasteiger partial charge in [-0.05, 0) is 32.3 Å². The summed E-state index contributed by atoms with van der Waals surface area (Å²) < 4.78 is 1.83. The van der Waals surface area contributed by atoms with Gasteiger partial charge in [0, 0.05) is 25.9 Å². The number of aryl methyl sites for hydroxylation is 1. The Hall–Kier alpha value is -1.49. The Balaban J connectivity index is 2.41. The lowest BCUT2D eigenvalue weighted by Crippen LogP contribution is -2.26.